The number of carboxylic acid groups (broad SMARTS) is 1. The Morgan fingerprint density at radius 2 is 1.67 bits per heavy atom. The molecule has 0 rings (SSSR count). The summed E-state index contributed by atoms with van der Waals surface area (Å²) < 4.78 is 0. The average Bonchev–Trinajstić information content (AvgIpc) is 0.811. The predicted molar refractivity (Wildman–Crippen MR) is 19.2 cm³/mol. The SMILES string of the molecule is CC(=O)[O-].[K+].[MgH2]. The van der Waals surface area contributed by atoms with Crippen molar-refractivity contribution in [2.75, 3.05) is 0 Å². The molecule has 0 aliphatic heterocycles. The summed E-state index contributed by atoms with van der Waals surface area (Å²) in [5.74, 6) is -1.08. The molecule has 0 aromatic rings. The fourth-order valence-corrected chi connectivity index (χ4v) is 0. The molecule has 0 saturated heterocycles. The Morgan fingerprint density at radius 1 is 1.67 bits per heavy atom. The van der Waals surface area contributed by atoms with Crippen LogP contribution in [0.5, 0.6) is 0 Å². The monoisotopic (exact) mass is 124 g/mol. The van der Waals surface area contributed by atoms with E-state index in [4.69, 9.17) is 9.90 Å². The van der Waals surface area contributed by atoms with E-state index in [-0.39, 0.29) is 74.4 Å². The quantitative estimate of drug-likeness (QED) is 0.303. The molecule has 0 atom stereocenters. The Morgan fingerprint density at radius 3 is 1.67 bits per heavy atom. The van der Waals surface area contributed by atoms with Crippen LogP contribution in [0.2, 0.25) is 0 Å². The molecule has 0 fully saturated rings. The smallest absolute Gasteiger partial charge is 0.550 e. The molecule has 4 heteroatoms. The van der Waals surface area contributed by atoms with Gasteiger partial charge in [-0.05, 0) is 6.92 Å². The third-order valence-corrected chi connectivity index (χ3v) is 0. The van der Waals surface area contributed by atoms with Crippen LogP contribution in [0.15, 0.2) is 0 Å². The van der Waals surface area contributed by atoms with Gasteiger partial charge in [-0.2, -0.15) is 0 Å². The first-order valence-corrected chi connectivity index (χ1v) is 0.908. The van der Waals surface area contributed by atoms with Crippen molar-refractivity contribution in [2.24, 2.45) is 0 Å². The Hall–Kier alpha value is 1.87. The molecule has 0 unspecified atom stereocenters. The normalized spacial score (nSPS) is 4.17. The van der Waals surface area contributed by atoms with Crippen LogP contribution in [0.1, 0.15) is 6.92 Å². The molecular weight excluding hydrogens is 119 g/mol. The van der Waals surface area contributed by atoms with Crippen LogP contribution in [0.25, 0.3) is 0 Å². The molecule has 0 heterocycles. The van der Waals surface area contributed by atoms with Gasteiger partial charge in [0.2, 0.25) is 0 Å². The van der Waals surface area contributed by atoms with Crippen molar-refractivity contribution >= 4 is 29.0 Å². The first-order valence-electron chi connectivity index (χ1n) is 0.908. The minimum atomic E-state index is -1.08. The van der Waals surface area contributed by atoms with E-state index >= 15 is 0 Å². The topological polar surface area (TPSA) is 40.1 Å². The molecule has 0 aliphatic carbocycles. The van der Waals surface area contributed by atoms with Gasteiger partial charge in [-0.1, -0.05) is 0 Å². The van der Waals surface area contributed by atoms with Crippen LogP contribution in [0, 0.1) is 0 Å². The summed E-state index contributed by atoms with van der Waals surface area (Å²) >= 11 is 0. The molecule has 0 bridgehead atoms. The van der Waals surface area contributed by atoms with Crippen LogP contribution in [0.4, 0.5) is 0 Å². The largest absolute Gasteiger partial charge is 1.00 e. The molecule has 0 spiro atoms. The van der Waals surface area contributed by atoms with E-state index in [0.29, 0.717) is 0 Å². The second-order valence-electron chi connectivity index (χ2n) is 0.492. The van der Waals surface area contributed by atoms with Crippen LogP contribution in [0.3, 0.4) is 0 Å². The van der Waals surface area contributed by atoms with Gasteiger partial charge in [0, 0.05) is 5.97 Å². The number of rotatable bonds is 0. The van der Waals surface area contributed by atoms with Gasteiger partial charge in [-0.3, -0.25) is 0 Å². The van der Waals surface area contributed by atoms with E-state index in [1.807, 2.05) is 0 Å². The second kappa shape index (κ2) is 9.98. The second-order valence-corrected chi connectivity index (χ2v) is 0.492. The maximum Gasteiger partial charge on any atom is 1.00 e. The number of hydrogen-bond donors (Lipinski definition) is 0. The van der Waals surface area contributed by atoms with Gasteiger partial charge in [0.15, 0.2) is 0 Å². The van der Waals surface area contributed by atoms with Crippen molar-refractivity contribution < 1.29 is 61.3 Å². The zero-order valence-corrected chi connectivity index (χ0v) is 6.44. The van der Waals surface area contributed by atoms with Crippen molar-refractivity contribution in [3.8, 4) is 0 Å². The van der Waals surface area contributed by atoms with Gasteiger partial charge in [0.05, 0.1) is 0 Å². The van der Waals surface area contributed by atoms with Crippen LogP contribution >= 0.6 is 0 Å². The Kier molecular flexibility index (Phi) is 26.1. The summed E-state index contributed by atoms with van der Waals surface area (Å²) in [7, 11) is 0. The van der Waals surface area contributed by atoms with Gasteiger partial charge < -0.3 is 9.90 Å². The summed E-state index contributed by atoms with van der Waals surface area (Å²) in [5, 5.41) is 8.89. The molecule has 2 nitrogen and oxygen atoms in total. The Labute approximate surface area is 95.3 Å². The number of aliphatic carboxylic acids is 1. The first-order chi connectivity index (χ1) is 1.73. The molecule has 28 valence electrons. The molecule has 0 amide bonds. The van der Waals surface area contributed by atoms with E-state index in [1.165, 1.54) is 0 Å². The van der Waals surface area contributed by atoms with Crippen molar-refractivity contribution in [1.29, 1.82) is 0 Å². The number of carboxylic acids is 1. The molecule has 0 aromatic heterocycles. The molecule has 0 N–H and O–H groups in total. The molecule has 0 saturated carbocycles. The summed E-state index contributed by atoms with van der Waals surface area (Å²) in [6, 6.07) is 0. The van der Waals surface area contributed by atoms with Gasteiger partial charge in [-0.15, -0.1) is 0 Å². The fraction of sp³-hybridized carbons (Fsp3) is 0.500. The maximum absolute atomic E-state index is 8.89. The summed E-state index contributed by atoms with van der Waals surface area (Å²) in [5.41, 5.74) is 0. The Balaban J connectivity index is -0.0000000450. The standard InChI is InChI=1S/C2H4O2.K.Mg.2H/c1-2(3)4;;;;/h1H3,(H,3,4);;;;/q;+1;;;/p-1. The summed E-state index contributed by atoms with van der Waals surface area (Å²) in [6.45, 7) is 0.972. The minimum Gasteiger partial charge on any atom is -0.550 e. The minimum absolute atomic E-state index is 0. The van der Waals surface area contributed by atoms with Gasteiger partial charge in [0.1, 0.15) is 0 Å². The number of hydrogen-bond acceptors (Lipinski definition) is 2. The van der Waals surface area contributed by atoms with Gasteiger partial charge in [0.25, 0.3) is 0 Å². The molecule has 6 heavy (non-hydrogen) atoms. The van der Waals surface area contributed by atoms with Crippen molar-refractivity contribution in [3.63, 3.8) is 0 Å². The van der Waals surface area contributed by atoms with Crippen molar-refractivity contribution in [2.45, 2.75) is 6.92 Å². The zero-order valence-electron chi connectivity index (χ0n) is 3.32. The number of carbonyl (C=O) groups is 1. The van der Waals surface area contributed by atoms with Crippen LogP contribution in [-0.2, 0) is 4.79 Å². The predicted octanol–water partition coefficient (Wildman–Crippen LogP) is -5.16. The maximum atomic E-state index is 8.89. The molecular formula is C2H5KMgO2. The molecule has 0 aromatic carbocycles. The molecule has 0 radical (unpaired) electrons. The van der Waals surface area contributed by atoms with Crippen LogP contribution < -0.4 is 56.5 Å². The summed E-state index contributed by atoms with van der Waals surface area (Å²) in [4.78, 5) is 8.89. The van der Waals surface area contributed by atoms with Crippen LogP contribution in [-0.4, -0.2) is 29.0 Å². The molecule has 0 aliphatic rings. The first kappa shape index (κ1) is 15.7. The fourth-order valence-electron chi connectivity index (χ4n) is 0. The third-order valence-electron chi connectivity index (χ3n) is 0. The van der Waals surface area contributed by atoms with E-state index in [9.17, 15) is 0 Å². The van der Waals surface area contributed by atoms with E-state index in [0.717, 1.165) is 6.92 Å². The Bertz CT molecular complexity index is 34.5. The van der Waals surface area contributed by atoms with E-state index in [2.05, 4.69) is 0 Å². The third kappa shape index (κ3) is 39.8. The summed E-state index contributed by atoms with van der Waals surface area (Å²) in [6.07, 6.45) is 0. The van der Waals surface area contributed by atoms with Gasteiger partial charge in [-0.25, -0.2) is 0 Å². The van der Waals surface area contributed by atoms with E-state index in [1.54, 1.807) is 0 Å². The van der Waals surface area contributed by atoms with E-state index < -0.39 is 5.97 Å². The van der Waals surface area contributed by atoms with Gasteiger partial charge >= 0.3 is 74.4 Å². The van der Waals surface area contributed by atoms with Crippen molar-refractivity contribution in [1.82, 2.24) is 0 Å². The van der Waals surface area contributed by atoms with Crippen molar-refractivity contribution in [3.05, 3.63) is 0 Å². The average molecular weight is 124 g/mol. The number of carbonyl (C=O) groups excluding carboxylic acids is 1. The zero-order chi connectivity index (χ0) is 3.58.